The maximum Gasteiger partial charge on any atom is 0.409 e. The number of rotatable bonds is 7. The zero-order valence-corrected chi connectivity index (χ0v) is 19.0. The van der Waals surface area contributed by atoms with E-state index < -0.39 is 29.7 Å². The van der Waals surface area contributed by atoms with Crippen molar-refractivity contribution in [3.63, 3.8) is 0 Å². The van der Waals surface area contributed by atoms with Crippen LogP contribution in [0.5, 0.6) is 0 Å². The van der Waals surface area contributed by atoms with Crippen LogP contribution in [0, 0.1) is 11.6 Å². The van der Waals surface area contributed by atoms with Gasteiger partial charge in [-0.25, -0.2) is 18.4 Å². The van der Waals surface area contributed by atoms with Crippen molar-refractivity contribution in [3.05, 3.63) is 40.8 Å². The summed E-state index contributed by atoms with van der Waals surface area (Å²) in [7, 11) is 0. The van der Waals surface area contributed by atoms with Gasteiger partial charge < -0.3 is 26.0 Å². The summed E-state index contributed by atoms with van der Waals surface area (Å²) in [4.78, 5) is 38.8. The number of benzene rings is 1. The summed E-state index contributed by atoms with van der Waals surface area (Å²) >= 11 is 1.01. The third kappa shape index (κ3) is 6.41. The van der Waals surface area contributed by atoms with Gasteiger partial charge in [-0.2, -0.15) is 0 Å². The Bertz CT molecular complexity index is 1030. The molecule has 0 spiro atoms. The summed E-state index contributed by atoms with van der Waals surface area (Å²) in [5.74, 6) is -2.48. The lowest BCUT2D eigenvalue weighted by Crippen LogP contribution is -2.49. The van der Waals surface area contributed by atoms with E-state index in [0.717, 1.165) is 36.3 Å². The third-order valence-electron chi connectivity index (χ3n) is 5.14. The van der Waals surface area contributed by atoms with Gasteiger partial charge in [0.05, 0.1) is 12.3 Å². The number of primary amides is 1. The SMILES string of the molecule is CCCCOC(=O)N1CCC[C@H](NC(=O)c2sc(-c3ccc(F)c(F)c3)cc2NC(N)=O)C1. The number of hydrogen-bond donors (Lipinski definition) is 3. The summed E-state index contributed by atoms with van der Waals surface area (Å²) < 4.78 is 32.2. The molecule has 0 unspecified atom stereocenters. The standard InChI is InChI=1S/C22H26F2N4O4S/c1-2-3-9-32-22(31)28-8-4-5-14(12-28)26-20(29)19-17(27-21(25)30)11-18(33-19)13-6-7-15(23)16(24)10-13/h6-7,10-11,14H,2-5,8-9,12H2,1H3,(H,26,29)(H3,25,27,30)/t14-/m0/s1. The van der Waals surface area contributed by atoms with Crippen LogP contribution >= 0.6 is 11.3 Å². The number of thiophene rings is 1. The average Bonchev–Trinajstić information content (AvgIpc) is 3.19. The van der Waals surface area contributed by atoms with Crippen molar-refractivity contribution in [3.8, 4) is 10.4 Å². The molecule has 11 heteroatoms. The number of ether oxygens (including phenoxy) is 1. The molecule has 4 amide bonds. The molecule has 1 saturated heterocycles. The van der Waals surface area contributed by atoms with E-state index in [2.05, 4.69) is 10.6 Å². The molecule has 33 heavy (non-hydrogen) atoms. The Kier molecular flexibility index (Phi) is 8.21. The topological polar surface area (TPSA) is 114 Å². The Morgan fingerprint density at radius 1 is 1.24 bits per heavy atom. The average molecular weight is 481 g/mol. The van der Waals surface area contributed by atoms with Crippen molar-refractivity contribution in [1.29, 1.82) is 0 Å². The van der Waals surface area contributed by atoms with E-state index in [1.807, 2.05) is 6.92 Å². The Morgan fingerprint density at radius 3 is 2.73 bits per heavy atom. The molecule has 0 bridgehead atoms. The van der Waals surface area contributed by atoms with Crippen LogP contribution in [0.25, 0.3) is 10.4 Å². The largest absolute Gasteiger partial charge is 0.449 e. The van der Waals surface area contributed by atoms with Gasteiger partial charge in [-0.3, -0.25) is 4.79 Å². The number of piperidine rings is 1. The Balaban J connectivity index is 1.74. The van der Waals surface area contributed by atoms with Crippen LogP contribution in [-0.4, -0.2) is 48.7 Å². The van der Waals surface area contributed by atoms with Gasteiger partial charge in [0.25, 0.3) is 5.91 Å². The highest BCUT2D eigenvalue weighted by molar-refractivity contribution is 7.18. The number of carbonyl (C=O) groups is 3. The third-order valence-corrected chi connectivity index (χ3v) is 6.32. The molecule has 8 nitrogen and oxygen atoms in total. The lowest BCUT2D eigenvalue weighted by molar-refractivity contribution is 0.0798. The minimum Gasteiger partial charge on any atom is -0.449 e. The molecule has 4 N–H and O–H groups in total. The molecule has 0 saturated carbocycles. The molecule has 2 aromatic rings. The number of amides is 4. The van der Waals surface area contributed by atoms with E-state index >= 15 is 0 Å². The zero-order valence-electron chi connectivity index (χ0n) is 18.2. The van der Waals surface area contributed by atoms with Crippen molar-refractivity contribution in [2.45, 2.75) is 38.6 Å². The van der Waals surface area contributed by atoms with Crippen LogP contribution in [0.15, 0.2) is 24.3 Å². The number of halogens is 2. The lowest BCUT2D eigenvalue weighted by atomic mass is 10.1. The van der Waals surface area contributed by atoms with Crippen molar-refractivity contribution in [2.75, 3.05) is 25.0 Å². The molecular weight excluding hydrogens is 454 g/mol. The Labute approximate surface area is 194 Å². The number of nitrogens with one attached hydrogen (secondary N) is 2. The molecule has 0 aliphatic carbocycles. The number of likely N-dealkylation sites (tertiary alicyclic amines) is 1. The van der Waals surface area contributed by atoms with Gasteiger partial charge in [0.2, 0.25) is 0 Å². The first-order chi connectivity index (χ1) is 15.8. The monoisotopic (exact) mass is 480 g/mol. The highest BCUT2D eigenvalue weighted by Crippen LogP contribution is 2.35. The van der Waals surface area contributed by atoms with Gasteiger partial charge in [-0.15, -0.1) is 11.3 Å². The Morgan fingerprint density at radius 2 is 2.03 bits per heavy atom. The van der Waals surface area contributed by atoms with E-state index in [0.29, 0.717) is 43.0 Å². The summed E-state index contributed by atoms with van der Waals surface area (Å²) in [5, 5.41) is 5.28. The molecule has 3 rings (SSSR count). The second-order valence-electron chi connectivity index (χ2n) is 7.70. The fourth-order valence-electron chi connectivity index (χ4n) is 3.48. The first-order valence-corrected chi connectivity index (χ1v) is 11.5. The molecule has 1 aromatic heterocycles. The van der Waals surface area contributed by atoms with E-state index in [1.54, 1.807) is 4.90 Å². The van der Waals surface area contributed by atoms with E-state index in [9.17, 15) is 23.2 Å². The predicted octanol–water partition coefficient (Wildman–Crippen LogP) is 4.31. The Hall–Kier alpha value is -3.21. The number of carbonyl (C=O) groups excluding carboxylic acids is 3. The minimum absolute atomic E-state index is 0.163. The van der Waals surface area contributed by atoms with Crippen LogP contribution < -0.4 is 16.4 Å². The van der Waals surface area contributed by atoms with Crippen molar-refractivity contribution in [2.24, 2.45) is 5.73 Å². The second-order valence-corrected chi connectivity index (χ2v) is 8.75. The van der Waals surface area contributed by atoms with Crippen molar-refractivity contribution >= 4 is 35.1 Å². The highest BCUT2D eigenvalue weighted by Gasteiger charge is 2.27. The first-order valence-electron chi connectivity index (χ1n) is 10.7. The first kappa shape index (κ1) is 24.4. The number of anilines is 1. The molecule has 2 heterocycles. The van der Waals surface area contributed by atoms with E-state index in [4.69, 9.17) is 10.5 Å². The molecule has 0 radical (unpaired) electrons. The summed E-state index contributed by atoms with van der Waals surface area (Å²) in [5.41, 5.74) is 5.74. The molecule has 1 fully saturated rings. The molecule has 1 aromatic carbocycles. The molecule has 1 aliphatic rings. The smallest absolute Gasteiger partial charge is 0.409 e. The fraction of sp³-hybridized carbons (Fsp3) is 0.409. The van der Waals surface area contributed by atoms with Gasteiger partial charge in [0, 0.05) is 24.0 Å². The molecular formula is C22H26F2N4O4S. The minimum atomic E-state index is -1.02. The number of unbranched alkanes of at least 4 members (excludes halogenated alkanes) is 1. The number of nitrogens with two attached hydrogens (primary N) is 1. The van der Waals surface area contributed by atoms with Gasteiger partial charge in [-0.1, -0.05) is 19.4 Å². The quantitative estimate of drug-likeness (QED) is 0.512. The fourth-order valence-corrected chi connectivity index (χ4v) is 4.50. The van der Waals surface area contributed by atoms with Crippen molar-refractivity contribution in [1.82, 2.24) is 10.2 Å². The molecule has 178 valence electrons. The maximum atomic E-state index is 13.7. The van der Waals surface area contributed by atoms with Crippen LogP contribution in [0.1, 0.15) is 42.3 Å². The second kappa shape index (κ2) is 11.1. The summed E-state index contributed by atoms with van der Waals surface area (Å²) in [6.07, 6.45) is 2.67. The maximum absolute atomic E-state index is 13.7. The normalized spacial score (nSPS) is 15.7. The van der Waals surface area contributed by atoms with Gasteiger partial charge in [0.15, 0.2) is 11.6 Å². The van der Waals surface area contributed by atoms with Crippen molar-refractivity contribution < 1.29 is 27.9 Å². The summed E-state index contributed by atoms with van der Waals surface area (Å²) in [6.45, 7) is 3.21. The van der Waals surface area contributed by atoms with Crippen LogP contribution in [0.4, 0.5) is 24.1 Å². The zero-order chi connectivity index (χ0) is 24.0. The molecule has 1 atom stereocenters. The predicted molar refractivity (Wildman–Crippen MR) is 121 cm³/mol. The van der Waals surface area contributed by atoms with E-state index in [-0.39, 0.29) is 16.6 Å². The van der Waals surface area contributed by atoms with Crippen LogP contribution in [-0.2, 0) is 4.74 Å². The number of nitrogens with zero attached hydrogens (tertiary/aromatic N) is 1. The lowest BCUT2D eigenvalue weighted by Gasteiger charge is -2.32. The summed E-state index contributed by atoms with van der Waals surface area (Å²) in [6, 6.07) is 3.69. The van der Waals surface area contributed by atoms with Crippen LogP contribution in [0.3, 0.4) is 0 Å². The molecule has 1 aliphatic heterocycles. The van der Waals surface area contributed by atoms with Gasteiger partial charge in [0.1, 0.15) is 4.88 Å². The van der Waals surface area contributed by atoms with Crippen LogP contribution in [0.2, 0.25) is 0 Å². The van der Waals surface area contributed by atoms with Gasteiger partial charge in [-0.05, 0) is 43.0 Å². The highest BCUT2D eigenvalue weighted by atomic mass is 32.1. The number of urea groups is 1. The van der Waals surface area contributed by atoms with Gasteiger partial charge >= 0.3 is 12.1 Å². The van der Waals surface area contributed by atoms with E-state index in [1.165, 1.54) is 12.1 Å². The number of hydrogen-bond acceptors (Lipinski definition) is 5.